The fourth-order valence-corrected chi connectivity index (χ4v) is 3.91. The lowest BCUT2D eigenvalue weighted by Crippen LogP contribution is -2.30. The number of furan rings is 1. The van der Waals surface area contributed by atoms with Gasteiger partial charge in [0.15, 0.2) is 4.67 Å². The molecule has 0 bridgehead atoms. The summed E-state index contributed by atoms with van der Waals surface area (Å²) in [6.07, 6.45) is 0. The van der Waals surface area contributed by atoms with Crippen molar-refractivity contribution in [3.63, 3.8) is 0 Å². The number of nitrogens with one attached hydrogen (secondary N) is 1. The van der Waals surface area contributed by atoms with Gasteiger partial charge in [-0.15, -0.1) is 0 Å². The van der Waals surface area contributed by atoms with Crippen LogP contribution in [0, 0.1) is 5.92 Å². The van der Waals surface area contributed by atoms with Crippen LogP contribution in [0.1, 0.15) is 19.6 Å². The van der Waals surface area contributed by atoms with Crippen LogP contribution in [0.15, 0.2) is 20.0 Å². The van der Waals surface area contributed by atoms with E-state index in [1.54, 1.807) is 20.2 Å². The zero-order valence-electron chi connectivity index (χ0n) is 11.0. The predicted octanol–water partition coefficient (Wildman–Crippen LogP) is 2.04. The molecule has 0 unspecified atom stereocenters. The minimum Gasteiger partial charge on any atom is -0.452 e. The number of hydrogen-bond acceptors (Lipinski definition) is 4. The van der Waals surface area contributed by atoms with Gasteiger partial charge >= 0.3 is 0 Å². The maximum absolute atomic E-state index is 12.3. The van der Waals surface area contributed by atoms with E-state index in [0.29, 0.717) is 18.8 Å². The quantitative estimate of drug-likeness (QED) is 0.862. The van der Waals surface area contributed by atoms with Crippen molar-refractivity contribution in [2.45, 2.75) is 25.3 Å². The van der Waals surface area contributed by atoms with Gasteiger partial charge in [0.05, 0.1) is 6.54 Å². The maximum Gasteiger partial charge on any atom is 0.247 e. The van der Waals surface area contributed by atoms with Gasteiger partial charge in [0, 0.05) is 19.7 Å². The normalized spacial score (nSPS) is 12.6. The van der Waals surface area contributed by atoms with Crippen LogP contribution in [0.25, 0.3) is 0 Å². The Morgan fingerprint density at radius 1 is 1.50 bits per heavy atom. The molecule has 7 heteroatoms. The second kappa shape index (κ2) is 6.18. The van der Waals surface area contributed by atoms with Crippen LogP contribution in [0.2, 0.25) is 0 Å². The Morgan fingerprint density at radius 2 is 2.11 bits per heavy atom. The summed E-state index contributed by atoms with van der Waals surface area (Å²) in [7, 11) is -0.148. The Hall–Kier alpha value is -0.370. The molecule has 0 aliphatic carbocycles. The third kappa shape index (κ3) is 3.57. The molecule has 0 aliphatic heterocycles. The van der Waals surface area contributed by atoms with E-state index in [4.69, 9.17) is 4.42 Å². The Balaban J connectivity index is 3.04. The highest BCUT2D eigenvalue weighted by Crippen LogP contribution is 2.28. The molecule has 0 saturated carbocycles. The van der Waals surface area contributed by atoms with Crippen LogP contribution in [-0.2, 0) is 16.6 Å². The highest BCUT2D eigenvalue weighted by molar-refractivity contribution is 9.10. The SMILES string of the molecule is CNCc1cc(S(=O)(=O)N(C)CC(C)C)c(Br)o1. The lowest BCUT2D eigenvalue weighted by Gasteiger charge is -2.18. The number of hydrogen-bond donors (Lipinski definition) is 1. The van der Waals surface area contributed by atoms with Crippen molar-refractivity contribution in [2.75, 3.05) is 20.6 Å². The van der Waals surface area contributed by atoms with Crippen LogP contribution in [0.5, 0.6) is 0 Å². The molecule has 0 fully saturated rings. The minimum absolute atomic E-state index is 0.177. The Morgan fingerprint density at radius 3 is 2.61 bits per heavy atom. The van der Waals surface area contributed by atoms with Crippen LogP contribution < -0.4 is 5.32 Å². The minimum atomic E-state index is -3.50. The average molecular weight is 339 g/mol. The molecule has 1 rings (SSSR count). The first kappa shape index (κ1) is 15.7. The van der Waals surface area contributed by atoms with E-state index < -0.39 is 10.0 Å². The molecule has 0 spiro atoms. The van der Waals surface area contributed by atoms with E-state index in [0.717, 1.165) is 0 Å². The van der Waals surface area contributed by atoms with Gasteiger partial charge in [-0.25, -0.2) is 12.7 Å². The Kier molecular flexibility index (Phi) is 5.39. The van der Waals surface area contributed by atoms with E-state index in [-0.39, 0.29) is 15.5 Å². The zero-order valence-corrected chi connectivity index (χ0v) is 13.4. The smallest absolute Gasteiger partial charge is 0.247 e. The molecular weight excluding hydrogens is 320 g/mol. The van der Waals surface area contributed by atoms with E-state index in [1.165, 1.54) is 4.31 Å². The monoisotopic (exact) mass is 338 g/mol. The largest absolute Gasteiger partial charge is 0.452 e. The van der Waals surface area contributed by atoms with Crippen LogP contribution in [-0.4, -0.2) is 33.4 Å². The van der Waals surface area contributed by atoms with Gasteiger partial charge in [-0.05, 0) is 28.9 Å². The van der Waals surface area contributed by atoms with Gasteiger partial charge in [-0.2, -0.15) is 0 Å². The first-order valence-electron chi connectivity index (χ1n) is 5.68. The fourth-order valence-electron chi connectivity index (χ4n) is 1.62. The summed E-state index contributed by atoms with van der Waals surface area (Å²) in [5.41, 5.74) is 0. The van der Waals surface area contributed by atoms with Crippen molar-refractivity contribution >= 4 is 26.0 Å². The molecule has 1 aromatic heterocycles. The Bertz CT molecular complexity index is 496. The van der Waals surface area contributed by atoms with Crippen molar-refractivity contribution in [2.24, 2.45) is 5.92 Å². The summed E-state index contributed by atoms with van der Waals surface area (Å²) in [4.78, 5) is 0.177. The molecule has 0 amide bonds. The summed E-state index contributed by atoms with van der Waals surface area (Å²) in [5.74, 6) is 0.855. The lowest BCUT2D eigenvalue weighted by molar-refractivity contribution is 0.414. The predicted molar refractivity (Wildman–Crippen MR) is 73.8 cm³/mol. The Labute approximate surface area is 117 Å². The van der Waals surface area contributed by atoms with Crippen LogP contribution in [0.4, 0.5) is 0 Å². The maximum atomic E-state index is 12.3. The zero-order chi connectivity index (χ0) is 13.9. The lowest BCUT2D eigenvalue weighted by atomic mass is 10.2. The second-order valence-electron chi connectivity index (χ2n) is 4.56. The summed E-state index contributed by atoms with van der Waals surface area (Å²) >= 11 is 3.16. The molecule has 1 N–H and O–H groups in total. The van der Waals surface area contributed by atoms with Crippen molar-refractivity contribution in [1.29, 1.82) is 0 Å². The van der Waals surface area contributed by atoms with E-state index >= 15 is 0 Å². The molecule has 0 aromatic carbocycles. The molecule has 0 aliphatic rings. The van der Waals surface area contributed by atoms with Crippen molar-refractivity contribution in [3.8, 4) is 0 Å². The molecule has 0 atom stereocenters. The number of halogens is 1. The van der Waals surface area contributed by atoms with Gasteiger partial charge in [0.1, 0.15) is 10.7 Å². The van der Waals surface area contributed by atoms with Crippen LogP contribution >= 0.6 is 15.9 Å². The molecule has 104 valence electrons. The highest BCUT2D eigenvalue weighted by atomic mass is 79.9. The summed E-state index contributed by atoms with van der Waals surface area (Å²) in [5, 5.41) is 2.91. The third-order valence-corrected chi connectivity index (χ3v) is 5.05. The topological polar surface area (TPSA) is 62.6 Å². The van der Waals surface area contributed by atoms with Crippen molar-refractivity contribution < 1.29 is 12.8 Å². The highest BCUT2D eigenvalue weighted by Gasteiger charge is 2.27. The van der Waals surface area contributed by atoms with Crippen molar-refractivity contribution in [3.05, 3.63) is 16.5 Å². The van der Waals surface area contributed by atoms with Gasteiger partial charge < -0.3 is 9.73 Å². The van der Waals surface area contributed by atoms with Gasteiger partial charge in [0.25, 0.3) is 0 Å². The molecular formula is C11H19BrN2O3S. The van der Waals surface area contributed by atoms with Gasteiger partial charge in [0.2, 0.25) is 10.0 Å². The molecule has 5 nitrogen and oxygen atoms in total. The van der Waals surface area contributed by atoms with Gasteiger partial charge in [-0.3, -0.25) is 0 Å². The van der Waals surface area contributed by atoms with Crippen molar-refractivity contribution in [1.82, 2.24) is 9.62 Å². The number of nitrogens with zero attached hydrogens (tertiary/aromatic N) is 1. The van der Waals surface area contributed by atoms with E-state index in [2.05, 4.69) is 21.2 Å². The molecule has 1 heterocycles. The third-order valence-electron chi connectivity index (χ3n) is 2.37. The van der Waals surface area contributed by atoms with E-state index in [1.807, 2.05) is 13.8 Å². The summed E-state index contributed by atoms with van der Waals surface area (Å²) in [6.45, 7) is 4.91. The summed E-state index contributed by atoms with van der Waals surface area (Å²) in [6, 6.07) is 1.55. The number of sulfonamides is 1. The van der Waals surface area contributed by atoms with E-state index in [9.17, 15) is 8.42 Å². The molecule has 1 aromatic rings. The van der Waals surface area contributed by atoms with Gasteiger partial charge in [-0.1, -0.05) is 13.8 Å². The van der Waals surface area contributed by atoms with Crippen LogP contribution in [0.3, 0.4) is 0 Å². The fraction of sp³-hybridized carbons (Fsp3) is 0.636. The molecule has 0 radical (unpaired) electrons. The first-order chi connectivity index (χ1) is 8.28. The molecule has 0 saturated heterocycles. The average Bonchev–Trinajstić information content (AvgIpc) is 2.59. The number of rotatable bonds is 6. The standard InChI is InChI=1S/C11H19BrN2O3S/c1-8(2)7-14(4)18(15,16)10-5-9(6-13-3)17-11(10)12/h5,8,13H,6-7H2,1-4H3. The first-order valence-corrected chi connectivity index (χ1v) is 7.91. The second-order valence-corrected chi connectivity index (χ2v) is 7.29. The summed E-state index contributed by atoms with van der Waals surface area (Å²) < 4.78 is 31.6. The molecule has 18 heavy (non-hydrogen) atoms.